The topological polar surface area (TPSA) is 29.1 Å². The summed E-state index contributed by atoms with van der Waals surface area (Å²) in [4.78, 5) is 11.6. The Kier molecular flexibility index (Phi) is 4.61. The maximum Gasteiger partial charge on any atom is 0.251 e. The summed E-state index contributed by atoms with van der Waals surface area (Å²) in [6, 6.07) is 9.26. The third-order valence-corrected chi connectivity index (χ3v) is 2.10. The zero-order chi connectivity index (χ0) is 11.1. The molecule has 1 amide bonds. The van der Waals surface area contributed by atoms with E-state index < -0.39 is 0 Å². The van der Waals surface area contributed by atoms with Crippen molar-refractivity contribution in [3.05, 3.63) is 48.0 Å². The van der Waals surface area contributed by atoms with E-state index in [0.29, 0.717) is 12.1 Å². The van der Waals surface area contributed by atoms with Crippen molar-refractivity contribution in [2.24, 2.45) is 0 Å². The van der Waals surface area contributed by atoms with Crippen LogP contribution < -0.4 is 5.32 Å². The van der Waals surface area contributed by atoms with Gasteiger partial charge in [0, 0.05) is 12.1 Å². The molecule has 0 unspecified atom stereocenters. The highest BCUT2D eigenvalue weighted by Crippen LogP contribution is 2.00. The Balaban J connectivity index is 2.28. The molecule has 0 aromatic heterocycles. The Morgan fingerprint density at radius 3 is 2.60 bits per heavy atom. The highest BCUT2D eigenvalue weighted by Gasteiger charge is 2.02. The van der Waals surface area contributed by atoms with Crippen LogP contribution in [0.4, 0.5) is 0 Å². The van der Waals surface area contributed by atoms with E-state index in [9.17, 15) is 4.79 Å². The first-order valence-electron chi connectivity index (χ1n) is 5.18. The van der Waals surface area contributed by atoms with Gasteiger partial charge in [0.05, 0.1) is 0 Å². The third kappa shape index (κ3) is 4.45. The zero-order valence-electron chi connectivity index (χ0n) is 9.12. The molecular formula is C13H17NO. The second-order valence-corrected chi connectivity index (χ2v) is 3.68. The van der Waals surface area contributed by atoms with E-state index in [1.54, 1.807) is 0 Å². The number of carbonyl (C=O) groups excluding carboxylic acids is 1. The van der Waals surface area contributed by atoms with Crippen LogP contribution in [0, 0.1) is 0 Å². The number of hydrogen-bond donors (Lipinski definition) is 1. The van der Waals surface area contributed by atoms with E-state index in [0.717, 1.165) is 18.4 Å². The van der Waals surface area contributed by atoms with Gasteiger partial charge in [0.15, 0.2) is 0 Å². The Morgan fingerprint density at radius 1 is 1.33 bits per heavy atom. The molecule has 0 fully saturated rings. The highest BCUT2D eigenvalue weighted by atomic mass is 16.1. The lowest BCUT2D eigenvalue weighted by Gasteiger charge is -2.04. The van der Waals surface area contributed by atoms with Gasteiger partial charge >= 0.3 is 0 Å². The normalized spacial score (nSPS) is 9.67. The predicted molar refractivity (Wildman–Crippen MR) is 62.8 cm³/mol. The summed E-state index contributed by atoms with van der Waals surface area (Å²) in [6.07, 6.45) is 1.92. The van der Waals surface area contributed by atoms with Crippen molar-refractivity contribution in [1.82, 2.24) is 5.32 Å². The molecule has 1 N–H and O–H groups in total. The van der Waals surface area contributed by atoms with Gasteiger partial charge in [-0.25, -0.2) is 0 Å². The second-order valence-electron chi connectivity index (χ2n) is 3.68. The van der Waals surface area contributed by atoms with Crippen LogP contribution in [-0.4, -0.2) is 12.5 Å². The van der Waals surface area contributed by atoms with Crippen molar-refractivity contribution in [1.29, 1.82) is 0 Å². The molecule has 0 spiro atoms. The lowest BCUT2D eigenvalue weighted by molar-refractivity contribution is 0.0953. The molecule has 0 aliphatic carbocycles. The summed E-state index contributed by atoms with van der Waals surface area (Å²) in [5.41, 5.74) is 1.87. The minimum absolute atomic E-state index is 0.00249. The summed E-state index contributed by atoms with van der Waals surface area (Å²) in [6.45, 7) is 6.53. The first-order valence-corrected chi connectivity index (χ1v) is 5.18. The molecule has 0 saturated carbocycles. The lowest BCUT2D eigenvalue weighted by Crippen LogP contribution is -2.24. The number of rotatable bonds is 5. The number of carbonyl (C=O) groups is 1. The van der Waals surface area contributed by atoms with E-state index in [1.165, 1.54) is 0 Å². The Morgan fingerprint density at radius 2 is 2.00 bits per heavy atom. The van der Waals surface area contributed by atoms with Crippen molar-refractivity contribution >= 4 is 5.91 Å². The van der Waals surface area contributed by atoms with Crippen LogP contribution in [0.1, 0.15) is 30.1 Å². The number of amides is 1. The predicted octanol–water partition coefficient (Wildman–Crippen LogP) is 2.77. The summed E-state index contributed by atoms with van der Waals surface area (Å²) in [7, 11) is 0. The Bertz CT molecular complexity index is 330. The SMILES string of the molecule is C=C(C)CCCNC(=O)c1ccccc1. The van der Waals surface area contributed by atoms with Gasteiger partial charge in [-0.15, -0.1) is 6.58 Å². The summed E-state index contributed by atoms with van der Waals surface area (Å²) in [5, 5.41) is 2.87. The van der Waals surface area contributed by atoms with Crippen LogP contribution in [0.3, 0.4) is 0 Å². The highest BCUT2D eigenvalue weighted by molar-refractivity contribution is 5.94. The lowest BCUT2D eigenvalue weighted by atomic mass is 10.2. The van der Waals surface area contributed by atoms with Gasteiger partial charge in [-0.3, -0.25) is 4.79 Å². The standard InChI is InChI=1S/C13H17NO/c1-11(2)7-6-10-14-13(15)12-8-4-3-5-9-12/h3-5,8-9H,1,6-7,10H2,2H3,(H,14,15). The molecule has 0 heterocycles. The van der Waals surface area contributed by atoms with Crippen molar-refractivity contribution in [2.75, 3.05) is 6.54 Å². The maximum atomic E-state index is 11.6. The molecule has 80 valence electrons. The van der Waals surface area contributed by atoms with Crippen LogP contribution in [0.15, 0.2) is 42.5 Å². The fraction of sp³-hybridized carbons (Fsp3) is 0.308. The van der Waals surface area contributed by atoms with E-state index >= 15 is 0 Å². The molecule has 15 heavy (non-hydrogen) atoms. The number of allylic oxidation sites excluding steroid dienone is 1. The van der Waals surface area contributed by atoms with Gasteiger partial charge in [0.25, 0.3) is 5.91 Å². The van der Waals surface area contributed by atoms with Crippen molar-refractivity contribution < 1.29 is 4.79 Å². The van der Waals surface area contributed by atoms with Crippen molar-refractivity contribution in [3.63, 3.8) is 0 Å². The Hall–Kier alpha value is -1.57. The van der Waals surface area contributed by atoms with Crippen LogP contribution in [0.5, 0.6) is 0 Å². The van der Waals surface area contributed by atoms with E-state index in [1.807, 2.05) is 37.3 Å². The molecular weight excluding hydrogens is 186 g/mol. The van der Waals surface area contributed by atoms with Gasteiger partial charge in [0.1, 0.15) is 0 Å². The number of hydrogen-bond acceptors (Lipinski definition) is 1. The van der Waals surface area contributed by atoms with E-state index in [2.05, 4.69) is 11.9 Å². The fourth-order valence-electron chi connectivity index (χ4n) is 1.28. The van der Waals surface area contributed by atoms with Crippen LogP contribution in [0.25, 0.3) is 0 Å². The molecule has 1 aromatic rings. The molecule has 2 nitrogen and oxygen atoms in total. The molecule has 0 saturated heterocycles. The second kappa shape index (κ2) is 6.02. The van der Waals surface area contributed by atoms with Gasteiger partial charge < -0.3 is 5.32 Å². The first-order chi connectivity index (χ1) is 7.20. The third-order valence-electron chi connectivity index (χ3n) is 2.10. The minimum atomic E-state index is -0.00249. The van der Waals surface area contributed by atoms with E-state index in [-0.39, 0.29) is 5.91 Å². The minimum Gasteiger partial charge on any atom is -0.352 e. The maximum absolute atomic E-state index is 11.6. The summed E-state index contributed by atoms with van der Waals surface area (Å²) < 4.78 is 0. The first kappa shape index (κ1) is 11.5. The molecule has 1 aromatic carbocycles. The quantitative estimate of drug-likeness (QED) is 0.578. The van der Waals surface area contributed by atoms with E-state index in [4.69, 9.17) is 0 Å². The van der Waals surface area contributed by atoms with Crippen LogP contribution in [0.2, 0.25) is 0 Å². The summed E-state index contributed by atoms with van der Waals surface area (Å²) >= 11 is 0. The van der Waals surface area contributed by atoms with Gasteiger partial charge in [-0.1, -0.05) is 23.8 Å². The van der Waals surface area contributed by atoms with Crippen molar-refractivity contribution in [2.45, 2.75) is 19.8 Å². The molecule has 1 rings (SSSR count). The smallest absolute Gasteiger partial charge is 0.251 e. The number of benzene rings is 1. The molecule has 2 heteroatoms. The largest absolute Gasteiger partial charge is 0.352 e. The van der Waals surface area contributed by atoms with Crippen LogP contribution >= 0.6 is 0 Å². The van der Waals surface area contributed by atoms with Gasteiger partial charge in [-0.05, 0) is 31.9 Å². The zero-order valence-corrected chi connectivity index (χ0v) is 9.12. The van der Waals surface area contributed by atoms with Crippen LogP contribution in [-0.2, 0) is 0 Å². The molecule has 0 aliphatic rings. The molecule has 0 bridgehead atoms. The van der Waals surface area contributed by atoms with Gasteiger partial charge in [0.2, 0.25) is 0 Å². The molecule has 0 atom stereocenters. The Labute approximate surface area is 91.0 Å². The average Bonchev–Trinajstić information content (AvgIpc) is 2.25. The molecule has 0 aliphatic heterocycles. The average molecular weight is 203 g/mol. The van der Waals surface area contributed by atoms with Gasteiger partial charge in [-0.2, -0.15) is 0 Å². The number of nitrogens with one attached hydrogen (secondary N) is 1. The van der Waals surface area contributed by atoms with Crippen molar-refractivity contribution in [3.8, 4) is 0 Å². The summed E-state index contributed by atoms with van der Waals surface area (Å²) in [5.74, 6) is -0.00249. The monoisotopic (exact) mass is 203 g/mol. The fourth-order valence-corrected chi connectivity index (χ4v) is 1.28. The molecule has 0 radical (unpaired) electrons.